The van der Waals surface area contributed by atoms with Crippen LogP contribution in [0.15, 0.2) is 71.3 Å². The van der Waals surface area contributed by atoms with Gasteiger partial charge >= 0.3 is 0 Å². The van der Waals surface area contributed by atoms with Gasteiger partial charge in [0.25, 0.3) is 5.91 Å². The van der Waals surface area contributed by atoms with Crippen LogP contribution in [0.3, 0.4) is 0 Å². The van der Waals surface area contributed by atoms with Crippen molar-refractivity contribution in [2.24, 2.45) is 0 Å². The molecule has 0 spiro atoms. The fraction of sp³-hybridized carbons (Fsp3) is 0.320. The van der Waals surface area contributed by atoms with Crippen molar-refractivity contribution < 1.29 is 14.1 Å². The highest BCUT2D eigenvalue weighted by Gasteiger charge is 2.28. The Morgan fingerprint density at radius 3 is 2.03 bits per heavy atom. The van der Waals surface area contributed by atoms with E-state index in [-0.39, 0.29) is 23.6 Å². The van der Waals surface area contributed by atoms with Crippen LogP contribution in [0.25, 0.3) is 0 Å². The molecule has 1 aliphatic rings. The number of amides is 2. The van der Waals surface area contributed by atoms with Crippen molar-refractivity contribution in [3.8, 4) is 0 Å². The van der Waals surface area contributed by atoms with Crippen LogP contribution in [0.1, 0.15) is 33.4 Å². The summed E-state index contributed by atoms with van der Waals surface area (Å²) >= 11 is 0. The Hall–Kier alpha value is -3.45. The molecular formula is C25H28N4O3. The van der Waals surface area contributed by atoms with E-state index < -0.39 is 0 Å². The van der Waals surface area contributed by atoms with Crippen molar-refractivity contribution in [2.75, 3.05) is 39.8 Å². The van der Waals surface area contributed by atoms with Gasteiger partial charge in [-0.3, -0.25) is 14.5 Å². The second-order valence-electron chi connectivity index (χ2n) is 8.13. The van der Waals surface area contributed by atoms with Gasteiger partial charge in [0.1, 0.15) is 0 Å². The van der Waals surface area contributed by atoms with Crippen molar-refractivity contribution in [2.45, 2.75) is 13.0 Å². The molecule has 2 amide bonds. The van der Waals surface area contributed by atoms with Crippen molar-refractivity contribution in [1.82, 2.24) is 19.9 Å². The number of likely N-dealkylation sites (N-methyl/N-ethyl adjacent to an activating group) is 1. The maximum absolute atomic E-state index is 13.2. The van der Waals surface area contributed by atoms with E-state index >= 15 is 0 Å². The molecule has 32 heavy (non-hydrogen) atoms. The number of hydrogen-bond acceptors (Lipinski definition) is 5. The van der Waals surface area contributed by atoms with E-state index in [2.05, 4.69) is 34.3 Å². The molecule has 7 heteroatoms. The fourth-order valence-corrected chi connectivity index (χ4v) is 4.09. The largest absolute Gasteiger partial charge is 0.351 e. The van der Waals surface area contributed by atoms with Gasteiger partial charge in [0.05, 0.1) is 18.3 Å². The monoisotopic (exact) mass is 432 g/mol. The van der Waals surface area contributed by atoms with Crippen LogP contribution in [0, 0.1) is 6.92 Å². The molecule has 0 atom stereocenters. The molecule has 1 aromatic heterocycles. The average Bonchev–Trinajstić information content (AvgIpc) is 3.27. The maximum Gasteiger partial charge on any atom is 0.292 e. The minimum atomic E-state index is -0.151. The van der Waals surface area contributed by atoms with Crippen LogP contribution in [0.2, 0.25) is 0 Å². The zero-order chi connectivity index (χ0) is 22.5. The lowest BCUT2D eigenvalue weighted by Gasteiger charge is -2.36. The first-order valence-corrected chi connectivity index (χ1v) is 10.8. The van der Waals surface area contributed by atoms with Gasteiger partial charge < -0.3 is 14.3 Å². The van der Waals surface area contributed by atoms with Crippen LogP contribution in [0.4, 0.5) is 0 Å². The van der Waals surface area contributed by atoms with E-state index in [0.717, 1.165) is 11.1 Å². The molecule has 1 fully saturated rings. The van der Waals surface area contributed by atoms with Crippen LogP contribution in [-0.4, -0.2) is 71.4 Å². The lowest BCUT2D eigenvalue weighted by molar-refractivity contribution is -0.133. The van der Waals surface area contributed by atoms with E-state index in [1.807, 2.05) is 48.3 Å². The third-order valence-electron chi connectivity index (χ3n) is 5.87. The van der Waals surface area contributed by atoms with Gasteiger partial charge in [0.2, 0.25) is 11.7 Å². The smallest absolute Gasteiger partial charge is 0.292 e. The average molecular weight is 433 g/mol. The molecule has 0 saturated carbocycles. The Morgan fingerprint density at radius 1 is 0.969 bits per heavy atom. The van der Waals surface area contributed by atoms with Gasteiger partial charge in [0, 0.05) is 39.3 Å². The van der Waals surface area contributed by atoms with E-state index in [4.69, 9.17) is 4.52 Å². The highest BCUT2D eigenvalue weighted by Crippen LogP contribution is 2.27. The van der Waals surface area contributed by atoms with E-state index in [1.165, 1.54) is 0 Å². The molecule has 1 aliphatic heterocycles. The highest BCUT2D eigenvalue weighted by atomic mass is 16.5. The quantitative estimate of drug-likeness (QED) is 0.599. The van der Waals surface area contributed by atoms with Crippen LogP contribution >= 0.6 is 0 Å². The summed E-state index contributed by atoms with van der Waals surface area (Å²) in [6.07, 6.45) is 0. The summed E-state index contributed by atoms with van der Waals surface area (Å²) in [4.78, 5) is 31.4. The van der Waals surface area contributed by atoms with E-state index in [1.54, 1.807) is 17.9 Å². The lowest BCUT2D eigenvalue weighted by Crippen LogP contribution is -2.51. The van der Waals surface area contributed by atoms with Crippen LogP contribution in [0.5, 0.6) is 0 Å². The molecule has 0 N–H and O–H groups in total. The maximum atomic E-state index is 13.2. The number of piperazine rings is 1. The first kappa shape index (κ1) is 21.8. The van der Waals surface area contributed by atoms with Crippen molar-refractivity contribution in [1.29, 1.82) is 0 Å². The summed E-state index contributed by atoms with van der Waals surface area (Å²) in [5.41, 5.74) is 2.84. The van der Waals surface area contributed by atoms with Gasteiger partial charge in [-0.25, -0.2) is 0 Å². The summed E-state index contributed by atoms with van der Waals surface area (Å²) in [5, 5.41) is 3.79. The van der Waals surface area contributed by atoms with Crippen LogP contribution in [-0.2, 0) is 4.79 Å². The van der Waals surface area contributed by atoms with E-state index in [0.29, 0.717) is 38.4 Å². The number of aromatic nitrogens is 1. The molecule has 4 rings (SSSR count). The summed E-state index contributed by atoms with van der Waals surface area (Å²) < 4.78 is 5.10. The Bertz CT molecular complexity index is 1000. The van der Waals surface area contributed by atoms with Gasteiger partial charge in [0.15, 0.2) is 0 Å². The number of benzene rings is 2. The number of carbonyl (C=O) groups excluding carboxylic acids is 2. The molecule has 166 valence electrons. The molecule has 0 unspecified atom stereocenters. The van der Waals surface area contributed by atoms with Gasteiger partial charge in [-0.2, -0.15) is 0 Å². The third kappa shape index (κ3) is 4.89. The molecule has 7 nitrogen and oxygen atoms in total. The zero-order valence-electron chi connectivity index (χ0n) is 18.5. The molecule has 0 bridgehead atoms. The molecule has 0 aliphatic carbocycles. The normalized spacial score (nSPS) is 14.5. The molecule has 0 radical (unpaired) electrons. The minimum Gasteiger partial charge on any atom is -0.351 e. The van der Waals surface area contributed by atoms with Crippen molar-refractivity contribution in [3.63, 3.8) is 0 Å². The molecule has 3 aromatic rings. The number of carbonyl (C=O) groups is 2. The zero-order valence-corrected chi connectivity index (χ0v) is 18.5. The molecule has 2 aromatic carbocycles. The summed E-state index contributed by atoms with van der Waals surface area (Å²) in [6, 6.07) is 21.7. The first-order valence-electron chi connectivity index (χ1n) is 10.8. The van der Waals surface area contributed by atoms with Gasteiger partial charge in [-0.05, 0) is 18.1 Å². The second-order valence-corrected chi connectivity index (χ2v) is 8.13. The number of aryl methyl sites for hydroxylation is 1. The highest BCUT2D eigenvalue weighted by molar-refractivity contribution is 5.91. The molecule has 2 heterocycles. The Labute approximate surface area is 188 Å². The van der Waals surface area contributed by atoms with Crippen molar-refractivity contribution >= 4 is 11.8 Å². The predicted molar refractivity (Wildman–Crippen MR) is 121 cm³/mol. The Balaban J connectivity index is 1.39. The third-order valence-corrected chi connectivity index (χ3v) is 5.87. The second kappa shape index (κ2) is 9.78. The lowest BCUT2D eigenvalue weighted by atomic mass is 9.97. The van der Waals surface area contributed by atoms with Gasteiger partial charge in [-0.1, -0.05) is 65.8 Å². The number of rotatable bonds is 6. The minimum absolute atomic E-state index is 0.0494. The number of nitrogens with zero attached hydrogens (tertiary/aromatic N) is 4. The first-order chi connectivity index (χ1) is 15.5. The Morgan fingerprint density at radius 2 is 1.53 bits per heavy atom. The van der Waals surface area contributed by atoms with E-state index in [9.17, 15) is 9.59 Å². The molecule has 1 saturated heterocycles. The number of hydrogen-bond donors (Lipinski definition) is 0. The Kier molecular flexibility index (Phi) is 6.66. The fourth-order valence-electron chi connectivity index (χ4n) is 4.09. The van der Waals surface area contributed by atoms with Crippen LogP contribution < -0.4 is 0 Å². The summed E-state index contributed by atoms with van der Waals surface area (Å²) in [5.74, 6) is 0.163. The SMILES string of the molecule is Cc1cc(C(=O)N2CCN(CC(=O)N(C)C(c3ccccc3)c3ccccc3)CC2)on1. The van der Waals surface area contributed by atoms with Crippen molar-refractivity contribution in [3.05, 3.63) is 89.3 Å². The summed E-state index contributed by atoms with van der Waals surface area (Å²) in [7, 11) is 1.86. The summed E-state index contributed by atoms with van der Waals surface area (Å²) in [6.45, 7) is 4.49. The topological polar surface area (TPSA) is 69.9 Å². The predicted octanol–water partition coefficient (Wildman–Crippen LogP) is 2.99. The molecular weight excluding hydrogens is 404 g/mol. The standard InChI is InChI=1S/C25H28N4O3/c1-19-17-22(32-26-19)25(31)29-15-13-28(14-16-29)18-23(30)27(2)24(20-9-5-3-6-10-20)21-11-7-4-8-12-21/h3-12,17,24H,13-16,18H2,1-2H3. The van der Waals surface area contributed by atoms with Gasteiger partial charge in [-0.15, -0.1) is 0 Å².